The van der Waals surface area contributed by atoms with Crippen molar-refractivity contribution >= 4 is 17.0 Å². The highest BCUT2D eigenvalue weighted by Crippen LogP contribution is 2.25. The number of anilines is 1. The Morgan fingerprint density at radius 2 is 2.46 bits per heavy atom. The van der Waals surface area contributed by atoms with Gasteiger partial charge in [0.15, 0.2) is 0 Å². The number of rotatable bonds is 1. The topological polar surface area (TPSA) is 53.4 Å². The molecule has 1 atom stereocenters. The van der Waals surface area contributed by atoms with Crippen LogP contribution < -0.4 is 4.31 Å². The van der Waals surface area contributed by atoms with E-state index < -0.39 is 11.3 Å². The van der Waals surface area contributed by atoms with Gasteiger partial charge in [0.05, 0.1) is 11.4 Å². The van der Waals surface area contributed by atoms with Crippen LogP contribution in [0.2, 0.25) is 0 Å². The average Bonchev–Trinajstić information content (AvgIpc) is 2.17. The van der Waals surface area contributed by atoms with E-state index in [0.29, 0.717) is 6.54 Å². The van der Waals surface area contributed by atoms with E-state index in [1.165, 1.54) is 4.31 Å². The fourth-order valence-electron chi connectivity index (χ4n) is 1.52. The Morgan fingerprint density at radius 3 is 3.23 bits per heavy atom. The number of hydrogen-bond donors (Lipinski definition) is 1. The summed E-state index contributed by atoms with van der Waals surface area (Å²) in [5, 5.41) is 0. The molecule has 0 bridgehead atoms. The van der Waals surface area contributed by atoms with Gasteiger partial charge in [-0.15, -0.1) is 0 Å². The zero-order valence-electron chi connectivity index (χ0n) is 7.01. The second kappa shape index (κ2) is 3.43. The maximum Gasteiger partial charge on any atom is 0.261 e. The summed E-state index contributed by atoms with van der Waals surface area (Å²) in [4.78, 5) is 4.16. The van der Waals surface area contributed by atoms with Gasteiger partial charge in [-0.1, -0.05) is 0 Å². The third-order valence-electron chi connectivity index (χ3n) is 2.10. The summed E-state index contributed by atoms with van der Waals surface area (Å²) in [6.07, 6.45) is 3.49. The van der Waals surface area contributed by atoms with E-state index in [9.17, 15) is 4.21 Å². The first-order chi connectivity index (χ1) is 6.29. The van der Waals surface area contributed by atoms with E-state index in [-0.39, 0.29) is 0 Å². The lowest BCUT2D eigenvalue weighted by atomic mass is 10.1. The normalized spacial score (nSPS) is 18.1. The van der Waals surface area contributed by atoms with Crippen molar-refractivity contribution in [3.8, 4) is 0 Å². The average molecular weight is 198 g/mol. The Hall–Kier alpha value is -0.940. The molecule has 1 aliphatic heterocycles. The molecule has 4 nitrogen and oxygen atoms in total. The summed E-state index contributed by atoms with van der Waals surface area (Å²) in [5.74, 6) is 0. The number of hydrogen-bond acceptors (Lipinski definition) is 2. The summed E-state index contributed by atoms with van der Waals surface area (Å²) in [6, 6.07) is 3.61. The van der Waals surface area contributed by atoms with E-state index in [1.54, 1.807) is 12.3 Å². The van der Waals surface area contributed by atoms with Gasteiger partial charge in [-0.2, -0.15) is 0 Å². The molecule has 0 fully saturated rings. The molecule has 1 aromatic heterocycles. The summed E-state index contributed by atoms with van der Waals surface area (Å²) >= 11 is -1.92. The molecule has 0 amide bonds. The van der Waals surface area contributed by atoms with Crippen LogP contribution in [0.4, 0.5) is 5.69 Å². The summed E-state index contributed by atoms with van der Waals surface area (Å²) < 4.78 is 21.4. The van der Waals surface area contributed by atoms with Gasteiger partial charge in [0.25, 0.3) is 11.3 Å². The molecule has 1 N–H and O–H groups in total. The van der Waals surface area contributed by atoms with Crippen LogP contribution in [0.3, 0.4) is 0 Å². The van der Waals surface area contributed by atoms with Gasteiger partial charge >= 0.3 is 0 Å². The molecule has 1 aliphatic rings. The number of nitrogens with zero attached hydrogens (tertiary/aromatic N) is 2. The molecule has 0 aliphatic carbocycles. The van der Waals surface area contributed by atoms with Crippen molar-refractivity contribution in [1.82, 2.24) is 4.98 Å². The van der Waals surface area contributed by atoms with Crippen molar-refractivity contribution in [2.45, 2.75) is 12.8 Å². The molecule has 0 saturated carbocycles. The molecule has 13 heavy (non-hydrogen) atoms. The Bertz CT molecular complexity index is 343. The quantitative estimate of drug-likeness (QED) is 0.684. The summed E-state index contributed by atoms with van der Waals surface area (Å²) in [5.41, 5.74) is 1.70. The predicted molar refractivity (Wildman–Crippen MR) is 50.7 cm³/mol. The molecular formula is C8H10N2O2S. The first-order valence-electron chi connectivity index (χ1n) is 4.11. The van der Waals surface area contributed by atoms with E-state index in [0.717, 1.165) is 24.2 Å². The minimum Gasteiger partial charge on any atom is -0.289 e. The second-order valence-electron chi connectivity index (χ2n) is 2.91. The molecule has 0 radical (unpaired) electrons. The fourth-order valence-corrected chi connectivity index (χ4v) is 2.14. The zero-order valence-corrected chi connectivity index (χ0v) is 7.83. The molecule has 1 aromatic rings. The van der Waals surface area contributed by atoms with Crippen molar-refractivity contribution in [3.63, 3.8) is 0 Å². The predicted octanol–water partition coefficient (Wildman–Crippen LogP) is 0.971. The fraction of sp³-hybridized carbons (Fsp3) is 0.375. The van der Waals surface area contributed by atoms with Crippen molar-refractivity contribution in [1.29, 1.82) is 0 Å². The molecular weight excluding hydrogens is 188 g/mol. The van der Waals surface area contributed by atoms with Crippen molar-refractivity contribution < 1.29 is 8.76 Å². The maximum absolute atomic E-state index is 10.9. The Labute approximate surface area is 79.0 Å². The van der Waals surface area contributed by atoms with Gasteiger partial charge in [-0.3, -0.25) is 13.8 Å². The van der Waals surface area contributed by atoms with Gasteiger partial charge < -0.3 is 0 Å². The summed E-state index contributed by atoms with van der Waals surface area (Å²) in [7, 11) is 0. The highest BCUT2D eigenvalue weighted by molar-refractivity contribution is 7.80. The van der Waals surface area contributed by atoms with Crippen LogP contribution in [0.25, 0.3) is 0 Å². The molecule has 0 aromatic carbocycles. The number of fused-ring (bicyclic) bond motifs is 1. The highest BCUT2D eigenvalue weighted by atomic mass is 32.2. The second-order valence-corrected chi connectivity index (χ2v) is 3.81. The Morgan fingerprint density at radius 1 is 1.62 bits per heavy atom. The first kappa shape index (κ1) is 8.65. The van der Waals surface area contributed by atoms with Crippen LogP contribution in [0.5, 0.6) is 0 Å². The highest BCUT2D eigenvalue weighted by Gasteiger charge is 2.20. The van der Waals surface area contributed by atoms with E-state index in [4.69, 9.17) is 4.55 Å². The smallest absolute Gasteiger partial charge is 0.261 e. The Kier molecular flexibility index (Phi) is 2.28. The number of aryl methyl sites for hydroxylation is 1. The van der Waals surface area contributed by atoms with Gasteiger partial charge in [-0.25, -0.2) is 4.21 Å². The van der Waals surface area contributed by atoms with Crippen LogP contribution in [0.1, 0.15) is 12.1 Å². The van der Waals surface area contributed by atoms with E-state index in [1.807, 2.05) is 6.07 Å². The summed E-state index contributed by atoms with van der Waals surface area (Å²) in [6.45, 7) is 0.627. The molecule has 70 valence electrons. The van der Waals surface area contributed by atoms with Gasteiger partial charge in [-0.05, 0) is 25.0 Å². The van der Waals surface area contributed by atoms with Crippen molar-refractivity contribution in [2.24, 2.45) is 0 Å². The lowest BCUT2D eigenvalue weighted by Gasteiger charge is -2.26. The van der Waals surface area contributed by atoms with Gasteiger partial charge in [0.1, 0.15) is 0 Å². The molecule has 5 heteroatoms. The minimum absolute atomic E-state index is 0.627. The number of aromatic nitrogens is 1. The van der Waals surface area contributed by atoms with Gasteiger partial charge in [0.2, 0.25) is 0 Å². The van der Waals surface area contributed by atoms with Crippen LogP contribution in [-0.2, 0) is 17.7 Å². The first-order valence-corrected chi connectivity index (χ1v) is 5.18. The van der Waals surface area contributed by atoms with E-state index in [2.05, 4.69) is 4.98 Å². The maximum atomic E-state index is 10.9. The van der Waals surface area contributed by atoms with Crippen molar-refractivity contribution in [3.05, 3.63) is 24.0 Å². The molecule has 0 saturated heterocycles. The van der Waals surface area contributed by atoms with Crippen LogP contribution in [-0.4, -0.2) is 20.3 Å². The molecule has 1 unspecified atom stereocenters. The Balaban J connectivity index is 2.42. The van der Waals surface area contributed by atoms with Crippen LogP contribution in [0, 0.1) is 0 Å². The third-order valence-corrected chi connectivity index (χ3v) is 2.85. The van der Waals surface area contributed by atoms with Gasteiger partial charge in [0, 0.05) is 12.7 Å². The zero-order chi connectivity index (χ0) is 9.26. The SMILES string of the molecule is O=S(O)N1CCCc2ncccc21. The lowest BCUT2D eigenvalue weighted by Crippen LogP contribution is -2.31. The third kappa shape index (κ3) is 1.57. The standard InChI is InChI=1S/C8H10N2O2S/c11-13(12)10-6-2-3-7-8(10)4-1-5-9-7/h1,4-5H,2-3,6H2,(H,11,12). The largest absolute Gasteiger partial charge is 0.289 e. The van der Waals surface area contributed by atoms with Crippen molar-refractivity contribution in [2.75, 3.05) is 10.8 Å². The lowest BCUT2D eigenvalue weighted by molar-refractivity contribution is 0.554. The van der Waals surface area contributed by atoms with Crippen LogP contribution in [0.15, 0.2) is 18.3 Å². The minimum atomic E-state index is -1.92. The van der Waals surface area contributed by atoms with Crippen LogP contribution >= 0.6 is 0 Å². The number of pyridine rings is 1. The molecule has 2 rings (SSSR count). The van der Waals surface area contributed by atoms with E-state index >= 15 is 0 Å². The molecule has 2 heterocycles. The molecule has 0 spiro atoms. The monoisotopic (exact) mass is 198 g/mol.